The van der Waals surface area contributed by atoms with E-state index in [9.17, 15) is 5.11 Å². The van der Waals surface area contributed by atoms with Crippen molar-refractivity contribution >= 4 is 0 Å². The van der Waals surface area contributed by atoms with Gasteiger partial charge in [-0.1, -0.05) is 6.07 Å². The standard InChI is InChI=1S/C19H19NO5/c21-13-3-9-4-15-16(24-7-23-15)5-11(9)18-17(13)10-1-2-14-19(25-8-22-14)12(10)6-20-18/h1-2,4-5,9,11,13,17-18,20-21H,3,6-8H2/t9-,11+,13+,17-,18+/m1/s1. The topological polar surface area (TPSA) is 69.2 Å². The van der Waals surface area contributed by atoms with Crippen LogP contribution in [0.1, 0.15) is 23.5 Å². The predicted octanol–water partition coefficient (Wildman–Crippen LogP) is 1.75. The lowest BCUT2D eigenvalue weighted by molar-refractivity contribution is 0.0404. The van der Waals surface area contributed by atoms with E-state index in [0.29, 0.717) is 0 Å². The average molecular weight is 341 g/mol. The van der Waals surface area contributed by atoms with Gasteiger partial charge < -0.3 is 29.4 Å². The van der Waals surface area contributed by atoms with E-state index in [1.165, 1.54) is 5.56 Å². The Morgan fingerprint density at radius 3 is 2.76 bits per heavy atom. The number of nitrogens with one attached hydrogen (secondary N) is 1. The van der Waals surface area contributed by atoms with Crippen molar-refractivity contribution in [3.63, 3.8) is 0 Å². The van der Waals surface area contributed by atoms with Crippen molar-refractivity contribution in [2.75, 3.05) is 13.6 Å². The molecule has 6 heteroatoms. The van der Waals surface area contributed by atoms with Crippen molar-refractivity contribution in [3.05, 3.63) is 46.9 Å². The van der Waals surface area contributed by atoms with Gasteiger partial charge in [0.25, 0.3) is 0 Å². The van der Waals surface area contributed by atoms with Gasteiger partial charge in [-0.15, -0.1) is 0 Å². The van der Waals surface area contributed by atoms with E-state index in [2.05, 4.69) is 23.5 Å². The Morgan fingerprint density at radius 2 is 1.84 bits per heavy atom. The van der Waals surface area contributed by atoms with Crippen LogP contribution in [0.4, 0.5) is 0 Å². The Morgan fingerprint density at radius 1 is 1.00 bits per heavy atom. The molecule has 0 aromatic heterocycles. The third-order valence-corrected chi connectivity index (χ3v) is 6.16. The summed E-state index contributed by atoms with van der Waals surface area (Å²) in [6.07, 6.45) is 4.62. The quantitative estimate of drug-likeness (QED) is 0.749. The van der Waals surface area contributed by atoms with Gasteiger partial charge in [0, 0.05) is 30.0 Å². The molecular weight excluding hydrogens is 322 g/mol. The Hall–Kier alpha value is -2.18. The minimum Gasteiger partial charge on any atom is -0.454 e. The molecule has 3 aliphatic heterocycles. The molecule has 0 bridgehead atoms. The number of benzene rings is 1. The fourth-order valence-corrected chi connectivity index (χ4v) is 5.09. The second-order valence-corrected chi connectivity index (χ2v) is 7.31. The molecule has 6 nitrogen and oxygen atoms in total. The van der Waals surface area contributed by atoms with Crippen LogP contribution < -0.4 is 14.8 Å². The molecule has 5 aliphatic rings. The summed E-state index contributed by atoms with van der Waals surface area (Å²) >= 11 is 0. The van der Waals surface area contributed by atoms with Crippen LogP contribution in [0.15, 0.2) is 35.8 Å². The highest BCUT2D eigenvalue weighted by Crippen LogP contribution is 2.50. The first-order chi connectivity index (χ1) is 12.3. The molecule has 0 radical (unpaired) electrons. The number of hydrogen-bond acceptors (Lipinski definition) is 6. The number of aliphatic hydroxyl groups is 1. The molecule has 0 unspecified atom stereocenters. The first-order valence-electron chi connectivity index (χ1n) is 8.82. The second-order valence-electron chi connectivity index (χ2n) is 7.31. The zero-order valence-electron chi connectivity index (χ0n) is 13.6. The molecule has 6 rings (SSSR count). The summed E-state index contributed by atoms with van der Waals surface area (Å²) in [5, 5.41) is 14.6. The van der Waals surface area contributed by atoms with Crippen molar-refractivity contribution in [2.24, 2.45) is 11.8 Å². The molecule has 130 valence electrons. The van der Waals surface area contributed by atoms with Gasteiger partial charge in [-0.2, -0.15) is 0 Å². The smallest absolute Gasteiger partial charge is 0.231 e. The summed E-state index contributed by atoms with van der Waals surface area (Å²) in [6, 6.07) is 4.22. The van der Waals surface area contributed by atoms with Crippen molar-refractivity contribution in [3.8, 4) is 11.5 Å². The van der Waals surface area contributed by atoms with Crippen molar-refractivity contribution in [2.45, 2.75) is 31.0 Å². The Balaban J connectivity index is 1.43. The van der Waals surface area contributed by atoms with E-state index in [1.807, 2.05) is 6.07 Å². The monoisotopic (exact) mass is 341 g/mol. The molecule has 1 aromatic carbocycles. The number of aliphatic hydroxyl groups excluding tert-OH is 1. The minimum absolute atomic E-state index is 0.0358. The average Bonchev–Trinajstić information content (AvgIpc) is 3.28. The van der Waals surface area contributed by atoms with E-state index < -0.39 is 6.10 Å². The SMILES string of the molecule is O[C@H]1C[C@@H]2C=C3OCOC3=C[C@@H]2[C@@H]2NCc3c(ccc4c3OCO4)[C@@H]21. The summed E-state index contributed by atoms with van der Waals surface area (Å²) in [5.74, 6) is 3.88. The lowest BCUT2D eigenvalue weighted by Crippen LogP contribution is -2.54. The van der Waals surface area contributed by atoms with Crippen LogP contribution >= 0.6 is 0 Å². The highest BCUT2D eigenvalue weighted by Gasteiger charge is 2.48. The van der Waals surface area contributed by atoms with Gasteiger partial charge in [0.2, 0.25) is 13.6 Å². The third-order valence-electron chi connectivity index (χ3n) is 6.16. The first kappa shape index (κ1) is 14.0. The minimum atomic E-state index is -0.410. The Bertz CT molecular complexity index is 816. The van der Waals surface area contributed by atoms with Gasteiger partial charge >= 0.3 is 0 Å². The molecule has 5 atom stereocenters. The molecule has 2 fully saturated rings. The molecule has 1 saturated heterocycles. The lowest BCUT2D eigenvalue weighted by Gasteiger charge is -2.48. The molecular formula is C19H19NO5. The third kappa shape index (κ3) is 1.86. The highest BCUT2D eigenvalue weighted by molar-refractivity contribution is 5.55. The first-order valence-corrected chi connectivity index (χ1v) is 8.82. The lowest BCUT2D eigenvalue weighted by atomic mass is 9.63. The van der Waals surface area contributed by atoms with Gasteiger partial charge in [0.05, 0.1) is 6.10 Å². The Labute approximate surface area is 145 Å². The van der Waals surface area contributed by atoms with Crippen LogP contribution in [-0.2, 0) is 16.0 Å². The number of allylic oxidation sites excluding steroid dienone is 1. The largest absolute Gasteiger partial charge is 0.454 e. The van der Waals surface area contributed by atoms with E-state index in [-0.39, 0.29) is 37.4 Å². The van der Waals surface area contributed by atoms with E-state index in [1.54, 1.807) is 0 Å². The van der Waals surface area contributed by atoms with Crippen LogP contribution in [0.25, 0.3) is 0 Å². The van der Waals surface area contributed by atoms with Crippen molar-refractivity contribution in [1.29, 1.82) is 0 Å². The predicted molar refractivity (Wildman–Crippen MR) is 86.7 cm³/mol. The van der Waals surface area contributed by atoms with Crippen LogP contribution in [0.3, 0.4) is 0 Å². The van der Waals surface area contributed by atoms with Gasteiger partial charge in [0.15, 0.2) is 23.0 Å². The van der Waals surface area contributed by atoms with E-state index in [4.69, 9.17) is 18.9 Å². The zero-order chi connectivity index (χ0) is 16.5. The molecule has 2 aliphatic carbocycles. The number of rotatable bonds is 0. The maximum Gasteiger partial charge on any atom is 0.231 e. The maximum absolute atomic E-state index is 10.9. The molecule has 25 heavy (non-hydrogen) atoms. The molecule has 0 amide bonds. The Kier molecular flexibility index (Phi) is 2.77. The van der Waals surface area contributed by atoms with Crippen LogP contribution in [0.5, 0.6) is 11.5 Å². The van der Waals surface area contributed by atoms with Gasteiger partial charge in [0.1, 0.15) is 0 Å². The van der Waals surface area contributed by atoms with Crippen LogP contribution in [-0.4, -0.2) is 30.8 Å². The summed E-state index contributed by atoms with van der Waals surface area (Å²) < 4.78 is 22.3. The molecule has 3 heterocycles. The molecule has 0 spiro atoms. The molecule has 1 aromatic rings. The van der Waals surface area contributed by atoms with E-state index >= 15 is 0 Å². The number of fused-ring (bicyclic) bond motifs is 8. The highest BCUT2D eigenvalue weighted by atomic mass is 16.7. The normalized spacial score (nSPS) is 36.8. The summed E-state index contributed by atoms with van der Waals surface area (Å²) in [7, 11) is 0. The van der Waals surface area contributed by atoms with E-state index in [0.717, 1.165) is 41.5 Å². The van der Waals surface area contributed by atoms with Gasteiger partial charge in [-0.25, -0.2) is 0 Å². The summed E-state index contributed by atoms with van der Waals surface area (Å²) in [5.41, 5.74) is 2.30. The summed E-state index contributed by atoms with van der Waals surface area (Å²) in [6.45, 7) is 1.27. The number of ether oxygens (including phenoxy) is 4. The fraction of sp³-hybridized carbons (Fsp3) is 0.474. The maximum atomic E-state index is 10.9. The zero-order valence-corrected chi connectivity index (χ0v) is 13.6. The summed E-state index contributed by atoms with van der Waals surface area (Å²) in [4.78, 5) is 0. The van der Waals surface area contributed by atoms with Crippen LogP contribution in [0, 0.1) is 11.8 Å². The fourth-order valence-electron chi connectivity index (χ4n) is 5.09. The number of hydrogen-bond donors (Lipinski definition) is 2. The molecule has 1 saturated carbocycles. The van der Waals surface area contributed by atoms with Gasteiger partial charge in [-0.3, -0.25) is 0 Å². The van der Waals surface area contributed by atoms with Crippen molar-refractivity contribution < 1.29 is 24.1 Å². The van der Waals surface area contributed by atoms with Gasteiger partial charge in [-0.05, 0) is 36.1 Å². The van der Waals surface area contributed by atoms with Crippen LogP contribution in [0.2, 0.25) is 0 Å². The molecule has 2 N–H and O–H groups in total. The second kappa shape index (κ2) is 4.93. The van der Waals surface area contributed by atoms with Crippen molar-refractivity contribution in [1.82, 2.24) is 5.32 Å².